The van der Waals surface area contributed by atoms with Crippen molar-refractivity contribution in [1.82, 2.24) is 14.2 Å². The van der Waals surface area contributed by atoms with E-state index in [1.165, 1.54) is 12.1 Å². The van der Waals surface area contributed by atoms with Crippen LogP contribution in [0.15, 0.2) is 78.0 Å². The standard InChI is InChI=1S/C23H22FN3O2S/c24-20-7-5-18(6-8-20)16-27-23(21-3-1-2-4-22(21)30(27,28)29)11-14-26(17-23)15-19-9-12-25-13-10-19/h1-10,12-13H,11,14-17H2/t23-/m0/s1. The summed E-state index contributed by atoms with van der Waals surface area (Å²) in [6, 6.07) is 17.4. The SMILES string of the molecule is O=S1(=O)c2ccccc2[C@@]2(CCN(Cc3ccncc3)C2)N1Cc1ccc(F)cc1. The molecule has 2 aromatic carbocycles. The van der Waals surface area contributed by atoms with E-state index in [2.05, 4.69) is 9.88 Å². The molecule has 1 fully saturated rings. The third-order valence-electron chi connectivity index (χ3n) is 6.16. The quantitative estimate of drug-likeness (QED) is 0.644. The summed E-state index contributed by atoms with van der Waals surface area (Å²) in [5, 5.41) is 0. The molecule has 0 N–H and O–H groups in total. The Morgan fingerprint density at radius 1 is 0.933 bits per heavy atom. The van der Waals surface area contributed by atoms with Crippen molar-refractivity contribution in [3.63, 3.8) is 0 Å². The zero-order valence-electron chi connectivity index (χ0n) is 16.4. The van der Waals surface area contributed by atoms with Gasteiger partial charge in [-0.1, -0.05) is 30.3 Å². The summed E-state index contributed by atoms with van der Waals surface area (Å²) in [6.07, 6.45) is 4.27. The van der Waals surface area contributed by atoms with E-state index < -0.39 is 15.6 Å². The van der Waals surface area contributed by atoms with Gasteiger partial charge in [-0.05, 0) is 53.4 Å². The first kappa shape index (κ1) is 19.4. The summed E-state index contributed by atoms with van der Waals surface area (Å²) < 4.78 is 42.0. The minimum Gasteiger partial charge on any atom is -0.297 e. The molecule has 3 heterocycles. The van der Waals surface area contributed by atoms with Crippen LogP contribution >= 0.6 is 0 Å². The predicted octanol–water partition coefficient (Wildman–Crippen LogP) is 3.53. The minimum absolute atomic E-state index is 0.223. The second-order valence-corrected chi connectivity index (χ2v) is 9.81. The highest BCUT2D eigenvalue weighted by Crippen LogP contribution is 2.50. The van der Waals surface area contributed by atoms with Crippen LogP contribution in [0.25, 0.3) is 0 Å². The van der Waals surface area contributed by atoms with E-state index in [1.54, 1.807) is 41.0 Å². The molecule has 1 aromatic heterocycles. The van der Waals surface area contributed by atoms with Crippen molar-refractivity contribution in [3.8, 4) is 0 Å². The predicted molar refractivity (Wildman–Crippen MR) is 111 cm³/mol. The zero-order chi connectivity index (χ0) is 20.8. The highest BCUT2D eigenvalue weighted by atomic mass is 32.2. The molecule has 1 spiro atoms. The molecule has 154 valence electrons. The van der Waals surface area contributed by atoms with Gasteiger partial charge in [-0.15, -0.1) is 0 Å². The van der Waals surface area contributed by atoms with Gasteiger partial charge in [-0.2, -0.15) is 4.31 Å². The smallest absolute Gasteiger partial charge is 0.244 e. The van der Waals surface area contributed by atoms with Gasteiger partial charge >= 0.3 is 0 Å². The maximum absolute atomic E-state index is 13.5. The number of sulfonamides is 1. The summed E-state index contributed by atoms with van der Waals surface area (Å²) in [4.78, 5) is 6.76. The van der Waals surface area contributed by atoms with Crippen molar-refractivity contribution in [2.45, 2.75) is 29.9 Å². The number of benzene rings is 2. The highest BCUT2D eigenvalue weighted by molar-refractivity contribution is 7.89. The fourth-order valence-electron chi connectivity index (χ4n) is 4.73. The van der Waals surface area contributed by atoms with Crippen LogP contribution in [-0.4, -0.2) is 35.7 Å². The van der Waals surface area contributed by atoms with E-state index in [9.17, 15) is 12.8 Å². The van der Waals surface area contributed by atoms with Gasteiger partial charge in [-0.3, -0.25) is 9.88 Å². The molecule has 30 heavy (non-hydrogen) atoms. The number of nitrogens with zero attached hydrogens (tertiary/aromatic N) is 3. The Labute approximate surface area is 175 Å². The largest absolute Gasteiger partial charge is 0.297 e. The Bertz CT molecular complexity index is 1170. The van der Waals surface area contributed by atoms with Crippen molar-refractivity contribution in [2.75, 3.05) is 13.1 Å². The van der Waals surface area contributed by atoms with Crippen molar-refractivity contribution in [1.29, 1.82) is 0 Å². The first-order valence-corrected chi connectivity index (χ1v) is 11.4. The topological polar surface area (TPSA) is 53.5 Å². The van der Waals surface area contributed by atoms with Crippen LogP contribution in [0, 0.1) is 5.82 Å². The lowest BCUT2D eigenvalue weighted by Crippen LogP contribution is -2.45. The number of likely N-dealkylation sites (tertiary alicyclic amines) is 1. The first-order valence-electron chi connectivity index (χ1n) is 9.97. The van der Waals surface area contributed by atoms with Crippen LogP contribution in [0.5, 0.6) is 0 Å². The van der Waals surface area contributed by atoms with E-state index >= 15 is 0 Å². The van der Waals surface area contributed by atoms with Crippen LogP contribution in [0.3, 0.4) is 0 Å². The zero-order valence-corrected chi connectivity index (χ0v) is 17.2. The molecule has 0 saturated carbocycles. The second-order valence-electron chi connectivity index (χ2n) is 7.98. The van der Waals surface area contributed by atoms with E-state index in [0.717, 1.165) is 36.2 Å². The Morgan fingerprint density at radius 2 is 1.63 bits per heavy atom. The fraction of sp³-hybridized carbons (Fsp3) is 0.261. The average Bonchev–Trinajstić information content (AvgIpc) is 3.24. The Kier molecular flexibility index (Phi) is 4.69. The van der Waals surface area contributed by atoms with Crippen LogP contribution in [0.1, 0.15) is 23.1 Å². The lowest BCUT2D eigenvalue weighted by molar-refractivity contribution is 0.184. The van der Waals surface area contributed by atoms with Gasteiger partial charge in [0, 0.05) is 38.6 Å². The lowest BCUT2D eigenvalue weighted by Gasteiger charge is -2.34. The van der Waals surface area contributed by atoms with Gasteiger partial charge in [-0.25, -0.2) is 12.8 Å². The van der Waals surface area contributed by atoms with E-state index in [4.69, 9.17) is 0 Å². The molecule has 0 unspecified atom stereocenters. The van der Waals surface area contributed by atoms with E-state index in [0.29, 0.717) is 11.4 Å². The number of rotatable bonds is 4. The summed E-state index contributed by atoms with van der Waals surface area (Å²) >= 11 is 0. The Balaban J connectivity index is 1.52. The number of hydrogen-bond acceptors (Lipinski definition) is 4. The van der Waals surface area contributed by atoms with Crippen molar-refractivity contribution >= 4 is 10.0 Å². The number of pyridine rings is 1. The third-order valence-corrected chi connectivity index (χ3v) is 8.13. The molecule has 0 aliphatic carbocycles. The van der Waals surface area contributed by atoms with E-state index in [-0.39, 0.29) is 12.4 Å². The van der Waals surface area contributed by atoms with E-state index in [1.807, 2.05) is 24.3 Å². The molecule has 0 radical (unpaired) electrons. The van der Waals surface area contributed by atoms with Crippen molar-refractivity contribution < 1.29 is 12.8 Å². The van der Waals surface area contributed by atoms with Crippen molar-refractivity contribution in [3.05, 3.63) is 95.6 Å². The maximum atomic E-state index is 13.5. The highest BCUT2D eigenvalue weighted by Gasteiger charge is 2.56. The molecule has 7 heteroatoms. The molecule has 1 saturated heterocycles. The number of halogens is 1. The molecule has 2 aliphatic rings. The molecule has 5 nitrogen and oxygen atoms in total. The molecule has 0 bridgehead atoms. The van der Waals surface area contributed by atoms with Gasteiger partial charge in [0.2, 0.25) is 10.0 Å². The maximum Gasteiger partial charge on any atom is 0.244 e. The Morgan fingerprint density at radius 3 is 2.40 bits per heavy atom. The number of fused-ring (bicyclic) bond motifs is 2. The van der Waals surface area contributed by atoms with Crippen LogP contribution in [-0.2, 0) is 28.7 Å². The summed E-state index contributed by atoms with van der Waals surface area (Å²) in [5.74, 6) is -0.328. The van der Waals surface area contributed by atoms with Crippen LogP contribution < -0.4 is 0 Å². The Hall–Kier alpha value is -2.61. The third kappa shape index (κ3) is 3.14. The lowest BCUT2D eigenvalue weighted by atomic mass is 9.88. The van der Waals surface area contributed by atoms with Gasteiger partial charge in [0.15, 0.2) is 0 Å². The molecule has 5 rings (SSSR count). The molecule has 2 aliphatic heterocycles. The molecule has 1 atom stereocenters. The van der Waals surface area contributed by atoms with Crippen LogP contribution in [0.2, 0.25) is 0 Å². The first-order chi connectivity index (χ1) is 14.5. The molecule has 0 amide bonds. The van der Waals surface area contributed by atoms with Gasteiger partial charge in [0.1, 0.15) is 5.82 Å². The molecular weight excluding hydrogens is 401 g/mol. The second kappa shape index (κ2) is 7.27. The number of hydrogen-bond donors (Lipinski definition) is 0. The normalized spacial score (nSPS) is 23.1. The minimum atomic E-state index is -3.64. The molecule has 3 aromatic rings. The summed E-state index contributed by atoms with van der Waals surface area (Å²) in [7, 11) is -3.64. The fourth-order valence-corrected chi connectivity index (χ4v) is 6.78. The van der Waals surface area contributed by atoms with Gasteiger partial charge in [0.05, 0.1) is 10.4 Å². The summed E-state index contributed by atoms with van der Waals surface area (Å²) in [6.45, 7) is 2.39. The molecular formula is C23H22FN3O2S. The van der Waals surface area contributed by atoms with Gasteiger partial charge in [0.25, 0.3) is 0 Å². The van der Waals surface area contributed by atoms with Crippen molar-refractivity contribution in [2.24, 2.45) is 0 Å². The average molecular weight is 424 g/mol. The monoisotopic (exact) mass is 423 g/mol. The van der Waals surface area contributed by atoms with Crippen LogP contribution in [0.4, 0.5) is 4.39 Å². The number of aromatic nitrogens is 1. The summed E-state index contributed by atoms with van der Waals surface area (Å²) in [5.41, 5.74) is 2.18. The van der Waals surface area contributed by atoms with Gasteiger partial charge < -0.3 is 0 Å².